The van der Waals surface area contributed by atoms with E-state index in [2.05, 4.69) is 12.4 Å². The first-order chi connectivity index (χ1) is 7.40. The van der Waals surface area contributed by atoms with E-state index in [0.717, 1.165) is 17.1 Å². The van der Waals surface area contributed by atoms with E-state index in [9.17, 15) is 0 Å². The minimum absolute atomic E-state index is 0.737. The summed E-state index contributed by atoms with van der Waals surface area (Å²) >= 11 is 0. The molecule has 0 saturated heterocycles. The highest BCUT2D eigenvalue weighted by atomic mass is 16.5. The Labute approximate surface area is 89.5 Å². The van der Waals surface area contributed by atoms with Crippen LogP contribution in [-0.4, -0.2) is 0 Å². The Morgan fingerprint density at radius 2 is 1.53 bits per heavy atom. The van der Waals surface area contributed by atoms with Crippen molar-refractivity contribution in [1.82, 2.24) is 0 Å². The number of anilines is 2. The lowest BCUT2D eigenvalue weighted by Crippen LogP contribution is -1.92. The van der Waals surface area contributed by atoms with E-state index < -0.39 is 0 Å². The van der Waals surface area contributed by atoms with Gasteiger partial charge in [-0.05, 0) is 24.3 Å². The molecule has 0 unspecified atom stereocenters. The summed E-state index contributed by atoms with van der Waals surface area (Å²) in [7, 11) is 3.42. The average Bonchev–Trinajstić information content (AvgIpc) is 2.31. The average molecular weight is 198 g/mol. The van der Waals surface area contributed by atoms with Gasteiger partial charge in [-0.25, -0.2) is 0 Å². The molecule has 75 valence electrons. The van der Waals surface area contributed by atoms with Crippen molar-refractivity contribution in [1.29, 1.82) is 0 Å². The van der Waals surface area contributed by atoms with Crippen molar-refractivity contribution in [3.8, 4) is 5.75 Å². The van der Waals surface area contributed by atoms with E-state index in [4.69, 9.17) is 4.74 Å². The molecule has 2 nitrogen and oxygen atoms in total. The van der Waals surface area contributed by atoms with Gasteiger partial charge in [0.05, 0.1) is 5.69 Å². The molecule has 0 fully saturated rings. The molecule has 0 atom stereocenters. The van der Waals surface area contributed by atoms with Crippen molar-refractivity contribution in [3.05, 3.63) is 61.7 Å². The quantitative estimate of drug-likeness (QED) is 0.813. The Bertz CT molecular complexity index is 426. The zero-order chi connectivity index (χ0) is 10.5. The molecule has 0 aromatic heterocycles. The SMILES string of the molecule is [CH2]Oc1ccccc1Nc1ccccc1. The number of benzene rings is 2. The van der Waals surface area contributed by atoms with Crippen LogP contribution in [0.25, 0.3) is 0 Å². The van der Waals surface area contributed by atoms with Crippen LogP contribution in [0.1, 0.15) is 0 Å². The molecule has 2 aromatic carbocycles. The van der Waals surface area contributed by atoms with Gasteiger partial charge in [-0.15, -0.1) is 0 Å². The van der Waals surface area contributed by atoms with Gasteiger partial charge < -0.3 is 10.1 Å². The highest BCUT2D eigenvalue weighted by Crippen LogP contribution is 2.26. The van der Waals surface area contributed by atoms with Gasteiger partial charge in [0.15, 0.2) is 0 Å². The van der Waals surface area contributed by atoms with E-state index in [-0.39, 0.29) is 0 Å². The molecule has 0 heterocycles. The fourth-order valence-corrected chi connectivity index (χ4v) is 1.37. The third-order valence-electron chi connectivity index (χ3n) is 2.10. The van der Waals surface area contributed by atoms with Gasteiger partial charge in [0.25, 0.3) is 0 Å². The molecule has 0 amide bonds. The monoisotopic (exact) mass is 198 g/mol. The van der Waals surface area contributed by atoms with Crippen LogP contribution in [0.3, 0.4) is 0 Å². The maximum Gasteiger partial charge on any atom is 0.142 e. The number of nitrogens with one attached hydrogen (secondary N) is 1. The first-order valence-electron chi connectivity index (χ1n) is 4.73. The summed E-state index contributed by atoms with van der Waals surface area (Å²) in [5.74, 6) is 0.737. The second kappa shape index (κ2) is 4.51. The summed E-state index contributed by atoms with van der Waals surface area (Å²) in [6.07, 6.45) is 0. The van der Waals surface area contributed by atoms with E-state index >= 15 is 0 Å². The second-order valence-corrected chi connectivity index (χ2v) is 3.13. The fraction of sp³-hybridized carbons (Fsp3) is 0. The Hall–Kier alpha value is -1.96. The summed E-state index contributed by atoms with van der Waals surface area (Å²) in [5, 5.41) is 3.26. The van der Waals surface area contributed by atoms with E-state index in [1.807, 2.05) is 54.6 Å². The van der Waals surface area contributed by atoms with Crippen molar-refractivity contribution < 1.29 is 4.74 Å². The maximum atomic E-state index is 5.01. The molecule has 0 aliphatic rings. The first-order valence-corrected chi connectivity index (χ1v) is 4.73. The summed E-state index contributed by atoms with van der Waals surface area (Å²) in [4.78, 5) is 0. The Morgan fingerprint density at radius 1 is 0.867 bits per heavy atom. The largest absolute Gasteiger partial charge is 0.488 e. The van der Waals surface area contributed by atoms with Crippen LogP contribution in [0.5, 0.6) is 5.75 Å². The predicted octanol–water partition coefficient (Wildman–Crippen LogP) is 3.60. The lowest BCUT2D eigenvalue weighted by atomic mass is 10.2. The van der Waals surface area contributed by atoms with Crippen molar-refractivity contribution >= 4 is 11.4 Å². The molecule has 2 heteroatoms. The summed E-state index contributed by atoms with van der Waals surface area (Å²) in [6.45, 7) is 0. The summed E-state index contributed by atoms with van der Waals surface area (Å²) in [5.41, 5.74) is 1.95. The minimum Gasteiger partial charge on any atom is -0.488 e. The van der Waals surface area contributed by atoms with Gasteiger partial charge in [-0.1, -0.05) is 30.3 Å². The third-order valence-corrected chi connectivity index (χ3v) is 2.10. The number of rotatable bonds is 3. The van der Waals surface area contributed by atoms with Crippen molar-refractivity contribution in [2.45, 2.75) is 0 Å². The van der Waals surface area contributed by atoms with Crippen molar-refractivity contribution in [3.63, 3.8) is 0 Å². The van der Waals surface area contributed by atoms with Gasteiger partial charge in [0.2, 0.25) is 0 Å². The third kappa shape index (κ3) is 2.29. The molecule has 15 heavy (non-hydrogen) atoms. The lowest BCUT2D eigenvalue weighted by Gasteiger charge is -2.10. The topological polar surface area (TPSA) is 21.3 Å². The van der Waals surface area contributed by atoms with Gasteiger partial charge >= 0.3 is 0 Å². The predicted molar refractivity (Wildman–Crippen MR) is 62.2 cm³/mol. The molecule has 0 bridgehead atoms. The van der Waals surface area contributed by atoms with Crippen LogP contribution >= 0.6 is 0 Å². The number of ether oxygens (including phenoxy) is 1. The zero-order valence-corrected chi connectivity index (χ0v) is 8.31. The smallest absolute Gasteiger partial charge is 0.142 e. The van der Waals surface area contributed by atoms with Crippen LogP contribution in [0.2, 0.25) is 0 Å². The van der Waals surface area contributed by atoms with Crippen LogP contribution in [0.15, 0.2) is 54.6 Å². The number of hydrogen-bond acceptors (Lipinski definition) is 2. The van der Waals surface area contributed by atoms with E-state index in [1.165, 1.54) is 0 Å². The molecule has 0 aliphatic heterocycles. The second-order valence-electron chi connectivity index (χ2n) is 3.13. The summed E-state index contributed by atoms with van der Waals surface area (Å²) < 4.78 is 5.01. The zero-order valence-electron chi connectivity index (χ0n) is 8.31. The molecule has 1 radical (unpaired) electrons. The number of para-hydroxylation sites is 3. The van der Waals surface area contributed by atoms with Gasteiger partial charge in [0, 0.05) is 5.69 Å². The van der Waals surface area contributed by atoms with Crippen LogP contribution < -0.4 is 10.1 Å². The standard InChI is InChI=1S/C13H12NO/c1-15-13-10-6-5-9-12(13)14-11-7-3-2-4-8-11/h2-10,14H,1H2. The van der Waals surface area contributed by atoms with Gasteiger partial charge in [-0.3, -0.25) is 0 Å². The Kier molecular flexibility index (Phi) is 2.88. The van der Waals surface area contributed by atoms with Gasteiger partial charge in [0.1, 0.15) is 12.9 Å². The van der Waals surface area contributed by atoms with E-state index in [1.54, 1.807) is 0 Å². The van der Waals surface area contributed by atoms with Crippen LogP contribution in [-0.2, 0) is 0 Å². The van der Waals surface area contributed by atoms with Gasteiger partial charge in [-0.2, -0.15) is 0 Å². The minimum atomic E-state index is 0.737. The Morgan fingerprint density at radius 3 is 2.27 bits per heavy atom. The fourth-order valence-electron chi connectivity index (χ4n) is 1.37. The molecule has 2 rings (SSSR count). The van der Waals surface area contributed by atoms with Crippen molar-refractivity contribution in [2.24, 2.45) is 0 Å². The lowest BCUT2D eigenvalue weighted by molar-refractivity contribution is 0.475. The van der Waals surface area contributed by atoms with Crippen molar-refractivity contribution in [2.75, 3.05) is 5.32 Å². The summed E-state index contributed by atoms with van der Waals surface area (Å²) in [6, 6.07) is 17.6. The molecule has 2 aromatic rings. The highest BCUT2D eigenvalue weighted by Gasteiger charge is 2.00. The maximum absolute atomic E-state index is 5.01. The molecule has 0 spiro atoms. The molecule has 0 aliphatic carbocycles. The highest BCUT2D eigenvalue weighted by molar-refractivity contribution is 5.65. The molecular formula is C13H12NO. The van der Waals surface area contributed by atoms with E-state index in [0.29, 0.717) is 0 Å². The Balaban J connectivity index is 2.24. The molecule has 0 saturated carbocycles. The number of hydrogen-bond donors (Lipinski definition) is 1. The first kappa shape index (κ1) is 9.59. The van der Waals surface area contributed by atoms with Crippen LogP contribution in [0.4, 0.5) is 11.4 Å². The van der Waals surface area contributed by atoms with Crippen LogP contribution in [0, 0.1) is 7.11 Å². The molecule has 1 N–H and O–H groups in total. The normalized spacial score (nSPS) is 9.67. The molecular weight excluding hydrogens is 186 g/mol.